The summed E-state index contributed by atoms with van der Waals surface area (Å²) >= 11 is 17.8. The quantitative estimate of drug-likeness (QED) is 0.837. The molecule has 0 radical (unpaired) electrons. The largest absolute Gasteiger partial charge is 0.392 e. The highest BCUT2D eigenvalue weighted by atomic mass is 35.5. The number of aliphatic hydroxyl groups excluding tert-OH is 1. The molecular formula is C12H7Cl3FNO. The number of hydrogen-bond donors (Lipinski definition) is 1. The second kappa shape index (κ2) is 5.41. The van der Waals surface area contributed by atoms with Crippen LogP contribution in [0.4, 0.5) is 4.39 Å². The van der Waals surface area contributed by atoms with Crippen LogP contribution < -0.4 is 0 Å². The summed E-state index contributed by atoms with van der Waals surface area (Å²) in [5.74, 6) is -0.572. The third-order valence-electron chi connectivity index (χ3n) is 2.39. The van der Waals surface area contributed by atoms with Crippen LogP contribution in [-0.4, -0.2) is 10.1 Å². The molecule has 0 spiro atoms. The highest BCUT2D eigenvalue weighted by Crippen LogP contribution is 2.34. The molecule has 94 valence electrons. The highest BCUT2D eigenvalue weighted by molar-refractivity contribution is 6.44. The van der Waals surface area contributed by atoms with Gasteiger partial charge in [0.15, 0.2) is 0 Å². The first kappa shape index (κ1) is 13.6. The molecule has 1 aromatic heterocycles. The van der Waals surface area contributed by atoms with Crippen molar-refractivity contribution in [1.82, 2.24) is 4.98 Å². The number of pyridine rings is 1. The first-order valence-electron chi connectivity index (χ1n) is 4.93. The molecule has 0 bridgehead atoms. The average molecular weight is 307 g/mol. The zero-order valence-corrected chi connectivity index (χ0v) is 11.2. The van der Waals surface area contributed by atoms with Gasteiger partial charge in [0.1, 0.15) is 5.82 Å². The van der Waals surface area contributed by atoms with Gasteiger partial charge < -0.3 is 5.11 Å². The Morgan fingerprint density at radius 2 is 1.72 bits per heavy atom. The van der Waals surface area contributed by atoms with Gasteiger partial charge in [0, 0.05) is 11.1 Å². The van der Waals surface area contributed by atoms with Gasteiger partial charge >= 0.3 is 0 Å². The van der Waals surface area contributed by atoms with Gasteiger partial charge in [-0.1, -0.05) is 34.8 Å². The van der Waals surface area contributed by atoms with Gasteiger partial charge in [-0.25, -0.2) is 4.39 Å². The SMILES string of the molecule is OCc1cc(-c2cc(Cl)c(Cl)cc2Cl)ncc1F. The standard InChI is InChI=1S/C12H7Cl3FNO/c13-8-3-10(15)9(14)2-7(8)12-1-6(5-18)11(16)4-17-12/h1-4,18H,5H2. The zero-order valence-electron chi connectivity index (χ0n) is 8.92. The predicted molar refractivity (Wildman–Crippen MR) is 70.6 cm³/mol. The molecule has 2 nitrogen and oxygen atoms in total. The maximum absolute atomic E-state index is 13.2. The van der Waals surface area contributed by atoms with Gasteiger partial charge in [-0.05, 0) is 18.2 Å². The second-order valence-corrected chi connectivity index (χ2v) is 4.79. The van der Waals surface area contributed by atoms with E-state index in [1.807, 2.05) is 0 Å². The maximum Gasteiger partial charge on any atom is 0.147 e. The lowest BCUT2D eigenvalue weighted by atomic mass is 10.1. The lowest BCUT2D eigenvalue weighted by molar-refractivity contribution is 0.275. The van der Waals surface area contributed by atoms with E-state index < -0.39 is 12.4 Å². The van der Waals surface area contributed by atoms with Crippen LogP contribution >= 0.6 is 34.8 Å². The second-order valence-electron chi connectivity index (χ2n) is 3.57. The minimum absolute atomic E-state index is 0.141. The van der Waals surface area contributed by atoms with E-state index in [-0.39, 0.29) is 5.56 Å². The van der Waals surface area contributed by atoms with Crippen LogP contribution in [0.5, 0.6) is 0 Å². The van der Waals surface area contributed by atoms with Crippen molar-refractivity contribution >= 4 is 34.8 Å². The molecule has 0 aliphatic heterocycles. The van der Waals surface area contributed by atoms with Crippen LogP contribution in [0.1, 0.15) is 5.56 Å². The number of nitrogens with zero attached hydrogens (tertiary/aromatic N) is 1. The van der Waals surface area contributed by atoms with Crippen molar-refractivity contribution in [1.29, 1.82) is 0 Å². The Hall–Kier alpha value is -0.870. The summed E-state index contributed by atoms with van der Waals surface area (Å²) in [6, 6.07) is 4.46. The fourth-order valence-corrected chi connectivity index (χ4v) is 2.11. The number of hydrogen-bond acceptors (Lipinski definition) is 2. The molecule has 1 N–H and O–H groups in total. The molecule has 1 heterocycles. The number of rotatable bonds is 2. The Kier molecular flexibility index (Phi) is 4.07. The van der Waals surface area contributed by atoms with E-state index in [4.69, 9.17) is 39.9 Å². The summed E-state index contributed by atoms with van der Waals surface area (Å²) in [6.07, 6.45) is 1.03. The molecule has 2 rings (SSSR count). The summed E-state index contributed by atoms with van der Waals surface area (Å²) in [5.41, 5.74) is 1.09. The van der Waals surface area contributed by atoms with Crippen LogP contribution in [-0.2, 0) is 6.61 Å². The molecule has 1 aromatic carbocycles. The molecule has 0 aliphatic rings. The first-order chi connectivity index (χ1) is 8.52. The Labute approximate surface area is 118 Å². The van der Waals surface area contributed by atoms with Crippen molar-refractivity contribution in [3.05, 3.63) is 50.8 Å². The van der Waals surface area contributed by atoms with Crippen molar-refractivity contribution in [2.24, 2.45) is 0 Å². The van der Waals surface area contributed by atoms with Crippen molar-refractivity contribution in [3.8, 4) is 11.3 Å². The smallest absolute Gasteiger partial charge is 0.147 e. The monoisotopic (exact) mass is 305 g/mol. The molecule has 0 amide bonds. The van der Waals surface area contributed by atoms with Crippen LogP contribution in [0, 0.1) is 5.82 Å². The van der Waals surface area contributed by atoms with Gasteiger partial charge in [-0.15, -0.1) is 0 Å². The van der Waals surface area contributed by atoms with Crippen LogP contribution in [0.3, 0.4) is 0 Å². The maximum atomic E-state index is 13.2. The number of aromatic nitrogens is 1. The first-order valence-corrected chi connectivity index (χ1v) is 6.06. The molecular weight excluding hydrogens is 299 g/mol. The van der Waals surface area contributed by atoms with Gasteiger partial charge in [-0.2, -0.15) is 0 Å². The third-order valence-corrected chi connectivity index (χ3v) is 3.43. The molecule has 0 unspecified atom stereocenters. The molecule has 18 heavy (non-hydrogen) atoms. The Bertz CT molecular complexity index is 604. The van der Waals surface area contributed by atoms with Crippen LogP contribution in [0.25, 0.3) is 11.3 Å². The fraction of sp³-hybridized carbons (Fsp3) is 0.0833. The van der Waals surface area contributed by atoms with E-state index >= 15 is 0 Å². The molecule has 0 fully saturated rings. The Morgan fingerprint density at radius 3 is 2.39 bits per heavy atom. The van der Waals surface area contributed by atoms with E-state index in [9.17, 15) is 4.39 Å². The van der Waals surface area contributed by atoms with Gasteiger partial charge in [0.25, 0.3) is 0 Å². The van der Waals surface area contributed by atoms with Crippen molar-refractivity contribution in [3.63, 3.8) is 0 Å². The lowest BCUT2D eigenvalue weighted by Crippen LogP contribution is -1.94. The molecule has 0 aliphatic carbocycles. The topological polar surface area (TPSA) is 33.1 Å². The van der Waals surface area contributed by atoms with Crippen molar-refractivity contribution in [2.45, 2.75) is 6.61 Å². The molecule has 0 saturated heterocycles. The van der Waals surface area contributed by atoms with E-state index in [0.717, 1.165) is 6.20 Å². The predicted octanol–water partition coefficient (Wildman–Crippen LogP) is 4.34. The van der Waals surface area contributed by atoms with E-state index in [1.165, 1.54) is 12.1 Å². The van der Waals surface area contributed by atoms with Gasteiger partial charge in [0.05, 0.1) is 33.6 Å². The summed E-state index contributed by atoms with van der Waals surface area (Å²) in [5, 5.41) is 10.0. The van der Waals surface area contributed by atoms with E-state index in [0.29, 0.717) is 26.3 Å². The molecule has 2 aromatic rings. The van der Waals surface area contributed by atoms with Crippen molar-refractivity contribution < 1.29 is 9.50 Å². The number of benzene rings is 1. The zero-order chi connectivity index (χ0) is 13.3. The summed E-state index contributed by atoms with van der Waals surface area (Å²) < 4.78 is 13.2. The lowest BCUT2D eigenvalue weighted by Gasteiger charge is -2.07. The highest BCUT2D eigenvalue weighted by Gasteiger charge is 2.11. The van der Waals surface area contributed by atoms with Crippen LogP contribution in [0.2, 0.25) is 15.1 Å². The number of halogens is 4. The van der Waals surface area contributed by atoms with Crippen LogP contribution in [0.15, 0.2) is 24.4 Å². The number of aliphatic hydroxyl groups is 1. The normalized spacial score (nSPS) is 10.7. The van der Waals surface area contributed by atoms with E-state index in [2.05, 4.69) is 4.98 Å². The Morgan fingerprint density at radius 1 is 1.06 bits per heavy atom. The average Bonchev–Trinajstić information content (AvgIpc) is 2.35. The van der Waals surface area contributed by atoms with Gasteiger partial charge in [-0.3, -0.25) is 4.98 Å². The Balaban J connectivity index is 2.58. The fourth-order valence-electron chi connectivity index (χ4n) is 1.47. The molecule has 0 saturated carbocycles. The minimum Gasteiger partial charge on any atom is -0.392 e. The van der Waals surface area contributed by atoms with E-state index in [1.54, 1.807) is 6.07 Å². The third kappa shape index (κ3) is 2.59. The van der Waals surface area contributed by atoms with Crippen molar-refractivity contribution in [2.75, 3.05) is 0 Å². The molecule has 0 atom stereocenters. The summed E-state index contributed by atoms with van der Waals surface area (Å²) in [4.78, 5) is 3.92. The van der Waals surface area contributed by atoms with Gasteiger partial charge in [0.2, 0.25) is 0 Å². The molecule has 6 heteroatoms. The summed E-state index contributed by atoms with van der Waals surface area (Å²) in [7, 11) is 0. The summed E-state index contributed by atoms with van der Waals surface area (Å²) in [6.45, 7) is -0.416. The minimum atomic E-state index is -0.572.